The molecule has 3 heteroatoms. The summed E-state index contributed by atoms with van der Waals surface area (Å²) in [4.78, 5) is 10.5. The van der Waals surface area contributed by atoms with E-state index in [9.17, 15) is 9.90 Å². The van der Waals surface area contributed by atoms with Crippen LogP contribution >= 0.6 is 0 Å². The fourth-order valence-electron chi connectivity index (χ4n) is 3.23. The number of carbonyl (C=O) groups is 1. The molecule has 2 N–H and O–H groups in total. The predicted molar refractivity (Wildman–Crippen MR) is 56.6 cm³/mol. The number of carboxylic acids is 1. The molecule has 3 rings (SSSR count). The lowest BCUT2D eigenvalue weighted by molar-refractivity contribution is -0.137. The van der Waals surface area contributed by atoms with Crippen molar-refractivity contribution in [1.29, 1.82) is 0 Å². The van der Waals surface area contributed by atoms with E-state index in [1.807, 2.05) is 0 Å². The number of aliphatic hydroxyl groups is 1. The Morgan fingerprint density at radius 3 is 2.07 bits per heavy atom. The number of carboxylic acid groups (broad SMARTS) is 1. The average molecular weight is 212 g/mol. The van der Waals surface area contributed by atoms with Crippen LogP contribution in [0.5, 0.6) is 0 Å². The monoisotopic (exact) mass is 212 g/mol. The summed E-state index contributed by atoms with van der Waals surface area (Å²) in [6.07, 6.45) is 8.23. The highest BCUT2D eigenvalue weighted by Gasteiger charge is 2.46. The van der Waals surface area contributed by atoms with E-state index in [0.717, 1.165) is 51.4 Å². The molecule has 0 unspecified atom stereocenters. The van der Waals surface area contributed by atoms with Crippen molar-refractivity contribution >= 4 is 5.97 Å². The van der Waals surface area contributed by atoms with Gasteiger partial charge in [-0.25, -0.2) is 0 Å². The summed E-state index contributed by atoms with van der Waals surface area (Å²) in [5, 5.41) is 18.7. The zero-order chi connectivity index (χ0) is 10.9. The van der Waals surface area contributed by atoms with Crippen molar-refractivity contribution in [2.24, 2.45) is 5.41 Å². The molecule has 0 atom stereocenters. The van der Waals surface area contributed by atoms with Gasteiger partial charge >= 0.3 is 5.97 Å². The van der Waals surface area contributed by atoms with E-state index < -0.39 is 5.97 Å². The average Bonchev–Trinajstić information content (AvgIpc) is 2.20. The highest BCUT2D eigenvalue weighted by Crippen LogP contribution is 2.54. The van der Waals surface area contributed by atoms with Crippen LogP contribution in [0, 0.1) is 5.41 Å². The van der Waals surface area contributed by atoms with Crippen molar-refractivity contribution in [1.82, 2.24) is 0 Å². The van der Waals surface area contributed by atoms with Crippen molar-refractivity contribution in [2.75, 3.05) is 0 Å². The summed E-state index contributed by atoms with van der Waals surface area (Å²) >= 11 is 0. The summed E-state index contributed by atoms with van der Waals surface area (Å²) in [6.45, 7) is 0. The Hall–Kier alpha value is -0.570. The number of aliphatic carboxylic acids is 1. The van der Waals surface area contributed by atoms with E-state index in [4.69, 9.17) is 5.11 Å². The molecule has 3 aliphatic carbocycles. The highest BCUT2D eigenvalue weighted by atomic mass is 16.4. The molecule has 0 aliphatic heterocycles. The van der Waals surface area contributed by atoms with Crippen molar-refractivity contribution in [2.45, 2.75) is 63.4 Å². The van der Waals surface area contributed by atoms with Crippen molar-refractivity contribution in [3.63, 3.8) is 0 Å². The van der Waals surface area contributed by atoms with Crippen LogP contribution in [0.1, 0.15) is 57.8 Å². The lowest BCUT2D eigenvalue weighted by atomic mass is 9.57. The molecule has 3 saturated carbocycles. The van der Waals surface area contributed by atoms with Crippen molar-refractivity contribution in [3.05, 3.63) is 0 Å². The molecular formula is C12H20O3. The van der Waals surface area contributed by atoms with E-state index in [-0.39, 0.29) is 5.60 Å². The number of rotatable bonds is 4. The fourth-order valence-corrected chi connectivity index (χ4v) is 3.23. The first-order valence-corrected chi connectivity index (χ1v) is 5.98. The number of hydrogen-bond acceptors (Lipinski definition) is 2. The largest absolute Gasteiger partial charge is 0.481 e. The van der Waals surface area contributed by atoms with Gasteiger partial charge in [-0.15, -0.1) is 0 Å². The van der Waals surface area contributed by atoms with E-state index in [0.29, 0.717) is 11.8 Å². The third kappa shape index (κ3) is 2.33. The van der Waals surface area contributed by atoms with Gasteiger partial charge in [0, 0.05) is 6.42 Å². The second kappa shape index (κ2) is 3.78. The molecule has 0 amide bonds. The highest BCUT2D eigenvalue weighted by molar-refractivity contribution is 5.66. The molecule has 3 aliphatic rings. The molecule has 0 heterocycles. The molecule has 15 heavy (non-hydrogen) atoms. The molecule has 0 aromatic rings. The second-order valence-electron chi connectivity index (χ2n) is 5.47. The van der Waals surface area contributed by atoms with Crippen LogP contribution in [-0.2, 0) is 4.79 Å². The Bertz CT molecular complexity index is 235. The summed E-state index contributed by atoms with van der Waals surface area (Å²) in [6, 6.07) is 0. The van der Waals surface area contributed by atoms with Gasteiger partial charge < -0.3 is 10.2 Å². The van der Waals surface area contributed by atoms with Gasteiger partial charge in [-0.2, -0.15) is 0 Å². The normalized spacial score (nSPS) is 39.3. The minimum absolute atomic E-state index is 0.298. The Morgan fingerprint density at radius 2 is 1.60 bits per heavy atom. The van der Waals surface area contributed by atoms with Crippen LogP contribution in [-0.4, -0.2) is 21.8 Å². The first kappa shape index (κ1) is 10.9. The maximum absolute atomic E-state index is 10.5. The molecule has 2 bridgehead atoms. The van der Waals surface area contributed by atoms with E-state index in [2.05, 4.69) is 0 Å². The van der Waals surface area contributed by atoms with E-state index in [1.165, 1.54) is 0 Å². The summed E-state index contributed by atoms with van der Waals surface area (Å²) < 4.78 is 0. The number of fused-ring (bicyclic) bond motifs is 3. The summed E-state index contributed by atoms with van der Waals surface area (Å²) in [5.41, 5.74) is 0.00841. The minimum atomic E-state index is -0.686. The van der Waals surface area contributed by atoms with Crippen LogP contribution in [0.3, 0.4) is 0 Å². The molecule has 0 spiro atoms. The topological polar surface area (TPSA) is 57.5 Å². The SMILES string of the molecule is O=C(O)CCCC12CCC(O)(CC1)CC2. The maximum Gasteiger partial charge on any atom is 0.303 e. The number of hydrogen-bond donors (Lipinski definition) is 2. The Labute approximate surface area is 90.5 Å². The first-order valence-electron chi connectivity index (χ1n) is 5.98. The third-order valence-corrected chi connectivity index (χ3v) is 4.46. The zero-order valence-electron chi connectivity index (χ0n) is 9.17. The second-order valence-corrected chi connectivity index (χ2v) is 5.47. The van der Waals surface area contributed by atoms with Gasteiger partial charge in [-0.3, -0.25) is 4.79 Å². The molecular weight excluding hydrogens is 192 g/mol. The summed E-state index contributed by atoms with van der Waals surface area (Å²) in [5.74, 6) is -0.686. The molecule has 0 saturated heterocycles. The van der Waals surface area contributed by atoms with Gasteiger partial charge in [0.1, 0.15) is 0 Å². The van der Waals surface area contributed by atoms with Crippen molar-refractivity contribution in [3.8, 4) is 0 Å². The van der Waals surface area contributed by atoms with Crippen LogP contribution in [0.4, 0.5) is 0 Å². The lowest BCUT2D eigenvalue weighted by Gasteiger charge is -2.51. The zero-order valence-corrected chi connectivity index (χ0v) is 9.17. The van der Waals surface area contributed by atoms with Gasteiger partial charge in [0.05, 0.1) is 5.60 Å². The molecule has 0 radical (unpaired) electrons. The molecule has 0 aromatic carbocycles. The lowest BCUT2D eigenvalue weighted by Crippen LogP contribution is -2.45. The van der Waals surface area contributed by atoms with Crippen LogP contribution < -0.4 is 0 Å². The van der Waals surface area contributed by atoms with Gasteiger partial charge in [0.15, 0.2) is 0 Å². The molecule has 0 aromatic heterocycles. The maximum atomic E-state index is 10.5. The van der Waals surface area contributed by atoms with Gasteiger partial charge in [-0.05, 0) is 56.8 Å². The predicted octanol–water partition coefficient (Wildman–Crippen LogP) is 2.33. The minimum Gasteiger partial charge on any atom is -0.481 e. The Morgan fingerprint density at radius 1 is 1.07 bits per heavy atom. The fraction of sp³-hybridized carbons (Fsp3) is 0.917. The van der Waals surface area contributed by atoms with Gasteiger partial charge in [-0.1, -0.05) is 0 Å². The van der Waals surface area contributed by atoms with Crippen LogP contribution in [0.25, 0.3) is 0 Å². The summed E-state index contributed by atoms with van der Waals surface area (Å²) in [7, 11) is 0. The third-order valence-electron chi connectivity index (χ3n) is 4.46. The molecule has 3 fully saturated rings. The Balaban J connectivity index is 1.84. The van der Waals surface area contributed by atoms with Crippen molar-refractivity contribution < 1.29 is 15.0 Å². The van der Waals surface area contributed by atoms with Crippen LogP contribution in [0.2, 0.25) is 0 Å². The quantitative estimate of drug-likeness (QED) is 0.752. The standard InChI is InChI=1S/C12H20O3/c13-10(14)2-1-3-11-4-7-12(15,8-5-11)9-6-11/h15H,1-9H2,(H,13,14). The molecule has 3 nitrogen and oxygen atoms in total. The van der Waals surface area contributed by atoms with Crippen LogP contribution in [0.15, 0.2) is 0 Å². The van der Waals surface area contributed by atoms with Gasteiger partial charge in [0.2, 0.25) is 0 Å². The smallest absolute Gasteiger partial charge is 0.303 e. The van der Waals surface area contributed by atoms with E-state index in [1.54, 1.807) is 0 Å². The Kier molecular flexibility index (Phi) is 2.75. The van der Waals surface area contributed by atoms with E-state index >= 15 is 0 Å². The molecule has 86 valence electrons. The van der Waals surface area contributed by atoms with Gasteiger partial charge in [0.25, 0.3) is 0 Å². The first-order chi connectivity index (χ1) is 7.04.